The van der Waals surface area contributed by atoms with E-state index in [0.29, 0.717) is 6.23 Å². The van der Waals surface area contributed by atoms with Crippen molar-refractivity contribution in [3.05, 3.63) is 0 Å². The number of ether oxygens (including phenoxy) is 1. The van der Waals surface area contributed by atoms with E-state index < -0.39 is 0 Å². The van der Waals surface area contributed by atoms with Gasteiger partial charge in [-0.3, -0.25) is 5.32 Å². The molecule has 0 spiro atoms. The van der Waals surface area contributed by atoms with Gasteiger partial charge >= 0.3 is 0 Å². The van der Waals surface area contributed by atoms with Gasteiger partial charge in [-0.05, 0) is 31.7 Å². The third-order valence-corrected chi connectivity index (χ3v) is 3.47. The van der Waals surface area contributed by atoms with Gasteiger partial charge in [0.25, 0.3) is 0 Å². The Labute approximate surface area is 74.7 Å². The highest BCUT2D eigenvalue weighted by atomic mass is 16.5. The molecule has 0 radical (unpaired) electrons. The number of nitrogens with one attached hydrogen (secondary N) is 1. The highest BCUT2D eigenvalue weighted by molar-refractivity contribution is 4.84. The van der Waals surface area contributed by atoms with Gasteiger partial charge in [-0.2, -0.15) is 0 Å². The lowest BCUT2D eigenvalue weighted by Gasteiger charge is -2.41. The van der Waals surface area contributed by atoms with Crippen LogP contribution in [0.15, 0.2) is 0 Å². The first kappa shape index (κ1) is 8.52. The quantitative estimate of drug-likeness (QED) is 0.646. The lowest BCUT2D eigenvalue weighted by Crippen LogP contribution is -2.48. The minimum atomic E-state index is 0.351. The largest absolute Gasteiger partial charge is 0.366 e. The van der Waals surface area contributed by atoms with Crippen LogP contribution in [0.4, 0.5) is 0 Å². The third-order valence-electron chi connectivity index (χ3n) is 3.47. The van der Waals surface area contributed by atoms with Gasteiger partial charge in [0.05, 0.1) is 0 Å². The van der Waals surface area contributed by atoms with Crippen molar-refractivity contribution in [1.82, 2.24) is 5.32 Å². The van der Waals surface area contributed by atoms with Crippen LogP contribution in [0.2, 0.25) is 0 Å². The second kappa shape index (κ2) is 3.75. The maximum absolute atomic E-state index is 5.45. The average molecular weight is 169 g/mol. The number of hydrogen-bond acceptors (Lipinski definition) is 2. The highest BCUT2D eigenvalue weighted by Crippen LogP contribution is 2.36. The highest BCUT2D eigenvalue weighted by Gasteiger charge is 2.34. The Bertz CT molecular complexity index is 140. The summed E-state index contributed by atoms with van der Waals surface area (Å²) in [6.45, 7) is 1.15. The minimum absolute atomic E-state index is 0.351. The first-order chi connectivity index (χ1) is 5.92. The Morgan fingerprint density at radius 1 is 1.17 bits per heavy atom. The summed E-state index contributed by atoms with van der Waals surface area (Å²) in [6.07, 6.45) is 7.37. The topological polar surface area (TPSA) is 21.3 Å². The van der Waals surface area contributed by atoms with E-state index in [9.17, 15) is 0 Å². The summed E-state index contributed by atoms with van der Waals surface area (Å²) in [5, 5.41) is 3.45. The Balaban J connectivity index is 1.99. The van der Waals surface area contributed by atoms with E-state index in [0.717, 1.165) is 18.4 Å². The van der Waals surface area contributed by atoms with Crippen LogP contribution in [0.1, 0.15) is 32.1 Å². The summed E-state index contributed by atoms with van der Waals surface area (Å²) in [4.78, 5) is 0. The van der Waals surface area contributed by atoms with Crippen molar-refractivity contribution < 1.29 is 4.74 Å². The van der Waals surface area contributed by atoms with Crippen molar-refractivity contribution >= 4 is 0 Å². The molecule has 2 aliphatic rings. The van der Waals surface area contributed by atoms with Crippen LogP contribution in [-0.2, 0) is 4.74 Å². The molecule has 1 saturated carbocycles. The van der Waals surface area contributed by atoms with E-state index in [1.165, 1.54) is 32.1 Å². The second-order valence-corrected chi connectivity index (χ2v) is 4.11. The van der Waals surface area contributed by atoms with Crippen LogP contribution in [0.3, 0.4) is 0 Å². The number of methoxy groups -OCH3 is 1. The van der Waals surface area contributed by atoms with Gasteiger partial charge in [0, 0.05) is 13.0 Å². The number of piperidine rings is 1. The van der Waals surface area contributed by atoms with E-state index >= 15 is 0 Å². The molecule has 1 aliphatic heterocycles. The molecule has 3 atom stereocenters. The van der Waals surface area contributed by atoms with E-state index in [2.05, 4.69) is 5.32 Å². The Morgan fingerprint density at radius 2 is 2.00 bits per heavy atom. The fourth-order valence-electron chi connectivity index (χ4n) is 2.81. The zero-order valence-electron chi connectivity index (χ0n) is 7.88. The molecule has 12 heavy (non-hydrogen) atoms. The van der Waals surface area contributed by atoms with Gasteiger partial charge in [0.2, 0.25) is 0 Å². The Hall–Kier alpha value is -0.0800. The maximum Gasteiger partial charge on any atom is 0.110 e. The molecular formula is C10H19NO. The zero-order valence-corrected chi connectivity index (χ0v) is 7.88. The molecule has 0 aromatic heterocycles. The molecule has 0 bridgehead atoms. The third kappa shape index (κ3) is 1.50. The van der Waals surface area contributed by atoms with E-state index in [4.69, 9.17) is 4.74 Å². The van der Waals surface area contributed by atoms with Crippen LogP contribution < -0.4 is 5.32 Å². The summed E-state index contributed by atoms with van der Waals surface area (Å²) < 4.78 is 5.45. The van der Waals surface area contributed by atoms with Crippen LogP contribution in [-0.4, -0.2) is 19.9 Å². The molecule has 1 heterocycles. The predicted molar refractivity (Wildman–Crippen MR) is 48.9 cm³/mol. The van der Waals surface area contributed by atoms with Gasteiger partial charge in [-0.15, -0.1) is 0 Å². The SMILES string of the molecule is COC1NCCC2CCCCC21. The van der Waals surface area contributed by atoms with Crippen molar-refractivity contribution in [2.45, 2.75) is 38.3 Å². The number of fused-ring (bicyclic) bond motifs is 1. The molecule has 2 heteroatoms. The summed E-state index contributed by atoms with van der Waals surface area (Å²) in [5.41, 5.74) is 0. The molecule has 1 N–H and O–H groups in total. The summed E-state index contributed by atoms with van der Waals surface area (Å²) >= 11 is 0. The monoisotopic (exact) mass is 169 g/mol. The van der Waals surface area contributed by atoms with Gasteiger partial charge < -0.3 is 4.74 Å². The lowest BCUT2D eigenvalue weighted by atomic mass is 9.74. The normalized spacial score (nSPS) is 42.2. The van der Waals surface area contributed by atoms with Crippen molar-refractivity contribution in [2.24, 2.45) is 11.8 Å². The van der Waals surface area contributed by atoms with Gasteiger partial charge in [-0.25, -0.2) is 0 Å². The second-order valence-electron chi connectivity index (χ2n) is 4.11. The fourth-order valence-corrected chi connectivity index (χ4v) is 2.81. The standard InChI is InChI=1S/C10H19NO/c1-12-10-9-5-3-2-4-8(9)6-7-11-10/h8-11H,2-7H2,1H3. The molecular weight excluding hydrogens is 150 g/mol. The summed E-state index contributed by atoms with van der Waals surface area (Å²) in [7, 11) is 1.83. The van der Waals surface area contributed by atoms with Crippen molar-refractivity contribution in [3.8, 4) is 0 Å². The molecule has 0 aromatic carbocycles. The summed E-state index contributed by atoms with van der Waals surface area (Å²) in [6, 6.07) is 0. The van der Waals surface area contributed by atoms with Gasteiger partial charge in [0.1, 0.15) is 6.23 Å². The van der Waals surface area contributed by atoms with Crippen molar-refractivity contribution in [3.63, 3.8) is 0 Å². The van der Waals surface area contributed by atoms with E-state index in [1.807, 2.05) is 7.11 Å². The molecule has 0 aromatic rings. The van der Waals surface area contributed by atoms with Crippen molar-refractivity contribution in [1.29, 1.82) is 0 Å². The lowest BCUT2D eigenvalue weighted by molar-refractivity contribution is -0.0357. The van der Waals surface area contributed by atoms with Crippen molar-refractivity contribution in [2.75, 3.05) is 13.7 Å². The van der Waals surface area contributed by atoms with Crippen LogP contribution in [0, 0.1) is 11.8 Å². The molecule has 2 fully saturated rings. The first-order valence-electron chi connectivity index (χ1n) is 5.18. The number of rotatable bonds is 1. The Morgan fingerprint density at radius 3 is 2.83 bits per heavy atom. The maximum atomic E-state index is 5.45. The molecule has 2 rings (SSSR count). The molecule has 2 nitrogen and oxygen atoms in total. The van der Waals surface area contributed by atoms with Gasteiger partial charge in [-0.1, -0.05) is 12.8 Å². The smallest absolute Gasteiger partial charge is 0.110 e. The first-order valence-corrected chi connectivity index (χ1v) is 5.18. The molecule has 3 unspecified atom stereocenters. The Kier molecular flexibility index (Phi) is 2.66. The number of hydrogen-bond donors (Lipinski definition) is 1. The minimum Gasteiger partial charge on any atom is -0.366 e. The fraction of sp³-hybridized carbons (Fsp3) is 1.00. The summed E-state index contributed by atoms with van der Waals surface area (Å²) in [5.74, 6) is 1.75. The predicted octanol–water partition coefficient (Wildman–Crippen LogP) is 1.76. The molecule has 0 amide bonds. The van der Waals surface area contributed by atoms with Crippen LogP contribution >= 0.6 is 0 Å². The van der Waals surface area contributed by atoms with Crippen LogP contribution in [0.5, 0.6) is 0 Å². The molecule has 70 valence electrons. The van der Waals surface area contributed by atoms with E-state index in [-0.39, 0.29) is 0 Å². The average Bonchev–Trinajstić information content (AvgIpc) is 2.17. The van der Waals surface area contributed by atoms with E-state index in [1.54, 1.807) is 0 Å². The molecule has 1 aliphatic carbocycles. The molecule has 1 saturated heterocycles. The van der Waals surface area contributed by atoms with Gasteiger partial charge in [0.15, 0.2) is 0 Å². The van der Waals surface area contributed by atoms with Crippen LogP contribution in [0.25, 0.3) is 0 Å². The zero-order chi connectivity index (χ0) is 8.39.